The lowest BCUT2D eigenvalue weighted by molar-refractivity contribution is -0.0526. The minimum atomic E-state index is -3.02. The van der Waals surface area contributed by atoms with Crippen LogP contribution in [0.2, 0.25) is 0 Å². The van der Waals surface area contributed by atoms with Gasteiger partial charge in [0, 0.05) is 25.2 Å². The first-order valence-corrected chi connectivity index (χ1v) is 7.16. The average Bonchev–Trinajstić information content (AvgIpc) is 3.07. The summed E-state index contributed by atoms with van der Waals surface area (Å²) in [6.45, 7) is -1.44. The molecule has 6 nitrogen and oxygen atoms in total. The molecule has 8 heteroatoms. The highest BCUT2D eigenvalue weighted by molar-refractivity contribution is 5.95. The zero-order valence-electron chi connectivity index (χ0n) is 13.3. The molecule has 0 aliphatic carbocycles. The molecule has 0 aromatic heterocycles. The molecule has 1 atom stereocenters. The number of hydrogen-bond donors (Lipinski definition) is 1. The molecule has 1 N–H and O–H groups in total. The lowest BCUT2D eigenvalue weighted by atomic mass is 10.1. The van der Waals surface area contributed by atoms with Gasteiger partial charge in [-0.05, 0) is 25.1 Å². The number of halogens is 2. The largest absolute Gasteiger partial charge is 0.493 e. The monoisotopic (exact) mass is 330 g/mol. The number of likely N-dealkylation sites (N-methyl/N-ethyl adjacent to an activating group) is 1. The Morgan fingerprint density at radius 2 is 1.91 bits per heavy atom. The van der Waals surface area contributed by atoms with Crippen LogP contribution in [-0.2, 0) is 0 Å². The predicted molar refractivity (Wildman–Crippen MR) is 79.5 cm³/mol. The molecule has 128 valence electrons. The Bertz CT molecular complexity index is 537. The van der Waals surface area contributed by atoms with Crippen LogP contribution >= 0.6 is 0 Å². The molecule has 1 aromatic rings. The van der Waals surface area contributed by atoms with E-state index in [1.807, 2.05) is 0 Å². The van der Waals surface area contributed by atoms with Gasteiger partial charge in [0.2, 0.25) is 5.75 Å². The van der Waals surface area contributed by atoms with Gasteiger partial charge in [0.15, 0.2) is 11.5 Å². The highest BCUT2D eigenvalue weighted by Gasteiger charge is 2.26. The van der Waals surface area contributed by atoms with Gasteiger partial charge in [0.25, 0.3) is 5.91 Å². The number of alkyl halides is 2. The summed E-state index contributed by atoms with van der Waals surface area (Å²) in [4.78, 5) is 14.2. The van der Waals surface area contributed by atoms with Crippen molar-refractivity contribution in [1.82, 2.24) is 10.2 Å². The fourth-order valence-electron chi connectivity index (χ4n) is 2.55. The Labute approximate surface area is 133 Å². The molecule has 1 fully saturated rings. The van der Waals surface area contributed by atoms with Crippen molar-refractivity contribution in [3.05, 3.63) is 17.7 Å². The van der Waals surface area contributed by atoms with Crippen LogP contribution in [0.15, 0.2) is 12.1 Å². The summed E-state index contributed by atoms with van der Waals surface area (Å²) in [5.41, 5.74) is 0.287. The number of amides is 1. The lowest BCUT2D eigenvalue weighted by Gasteiger charge is -2.24. The molecule has 1 aromatic carbocycles. The molecule has 0 radical (unpaired) electrons. The van der Waals surface area contributed by atoms with Gasteiger partial charge < -0.3 is 24.4 Å². The maximum atomic E-state index is 12.6. The second kappa shape index (κ2) is 7.45. The lowest BCUT2D eigenvalue weighted by Crippen LogP contribution is -2.38. The quantitative estimate of drug-likeness (QED) is 0.861. The number of ether oxygens (including phenoxy) is 3. The second-order valence-corrected chi connectivity index (χ2v) is 5.15. The van der Waals surface area contributed by atoms with Crippen molar-refractivity contribution in [1.29, 1.82) is 0 Å². The van der Waals surface area contributed by atoms with Crippen molar-refractivity contribution in [2.75, 3.05) is 34.4 Å². The summed E-state index contributed by atoms with van der Waals surface area (Å²) < 4.78 is 39.6. The SMILES string of the molecule is COc1cc(C(=O)N(C)C2CCNC2)cc(OC)c1OC(F)F. The van der Waals surface area contributed by atoms with Crippen LogP contribution in [0.25, 0.3) is 0 Å². The first kappa shape index (κ1) is 17.3. The van der Waals surface area contributed by atoms with E-state index in [0.29, 0.717) is 0 Å². The van der Waals surface area contributed by atoms with Gasteiger partial charge in [0.1, 0.15) is 0 Å². The fraction of sp³-hybridized carbons (Fsp3) is 0.533. The van der Waals surface area contributed by atoms with Crippen molar-refractivity contribution in [3.63, 3.8) is 0 Å². The fourth-order valence-corrected chi connectivity index (χ4v) is 2.55. The molecular formula is C15H20F2N2O4. The van der Waals surface area contributed by atoms with Gasteiger partial charge in [-0.2, -0.15) is 8.78 Å². The maximum absolute atomic E-state index is 12.6. The molecular weight excluding hydrogens is 310 g/mol. The number of rotatable bonds is 6. The number of carbonyl (C=O) groups excluding carboxylic acids is 1. The van der Waals surface area contributed by atoms with E-state index in [9.17, 15) is 13.6 Å². The van der Waals surface area contributed by atoms with E-state index in [2.05, 4.69) is 10.1 Å². The van der Waals surface area contributed by atoms with Crippen molar-refractivity contribution < 1.29 is 27.8 Å². The van der Waals surface area contributed by atoms with Gasteiger partial charge in [-0.3, -0.25) is 4.79 Å². The van der Waals surface area contributed by atoms with E-state index in [-0.39, 0.29) is 34.8 Å². The minimum absolute atomic E-state index is 0.0194. The Morgan fingerprint density at radius 1 is 1.30 bits per heavy atom. The van der Waals surface area contributed by atoms with E-state index in [4.69, 9.17) is 9.47 Å². The first-order chi connectivity index (χ1) is 11.0. The summed E-state index contributed by atoms with van der Waals surface area (Å²) in [5, 5.41) is 3.19. The number of benzene rings is 1. The summed E-state index contributed by atoms with van der Waals surface area (Å²) in [5.74, 6) is -0.428. The van der Waals surface area contributed by atoms with Crippen LogP contribution < -0.4 is 19.5 Å². The smallest absolute Gasteiger partial charge is 0.387 e. The van der Waals surface area contributed by atoms with Gasteiger partial charge in [-0.25, -0.2) is 0 Å². The van der Waals surface area contributed by atoms with Gasteiger partial charge in [0.05, 0.1) is 14.2 Å². The van der Waals surface area contributed by atoms with Crippen molar-refractivity contribution >= 4 is 5.91 Å². The Balaban J connectivity index is 2.33. The summed E-state index contributed by atoms with van der Waals surface area (Å²) >= 11 is 0. The van der Waals surface area contributed by atoms with Crippen LogP contribution in [0.1, 0.15) is 16.8 Å². The van der Waals surface area contributed by atoms with E-state index in [0.717, 1.165) is 19.5 Å². The molecule has 2 rings (SSSR count). The Kier molecular flexibility index (Phi) is 5.59. The summed E-state index contributed by atoms with van der Waals surface area (Å²) in [6.07, 6.45) is 0.864. The number of nitrogens with one attached hydrogen (secondary N) is 1. The highest BCUT2D eigenvalue weighted by atomic mass is 19.3. The number of hydrogen-bond acceptors (Lipinski definition) is 5. The van der Waals surface area contributed by atoms with Crippen molar-refractivity contribution in [2.24, 2.45) is 0 Å². The van der Waals surface area contributed by atoms with Crippen LogP contribution in [-0.4, -0.2) is 57.8 Å². The van der Waals surface area contributed by atoms with E-state index in [1.165, 1.54) is 26.4 Å². The molecule has 1 amide bonds. The summed E-state index contributed by atoms with van der Waals surface area (Å²) in [6, 6.07) is 2.85. The highest BCUT2D eigenvalue weighted by Crippen LogP contribution is 2.39. The molecule has 1 heterocycles. The zero-order chi connectivity index (χ0) is 17.0. The number of nitrogens with zero attached hydrogens (tertiary/aromatic N) is 1. The average molecular weight is 330 g/mol. The molecule has 1 saturated heterocycles. The zero-order valence-corrected chi connectivity index (χ0v) is 13.3. The first-order valence-electron chi connectivity index (χ1n) is 7.16. The Hall–Kier alpha value is -2.09. The predicted octanol–water partition coefficient (Wildman–Crippen LogP) is 1.74. The topological polar surface area (TPSA) is 60.0 Å². The maximum Gasteiger partial charge on any atom is 0.387 e. The summed E-state index contributed by atoms with van der Waals surface area (Å²) in [7, 11) is 4.33. The molecule has 23 heavy (non-hydrogen) atoms. The third kappa shape index (κ3) is 3.82. The Morgan fingerprint density at radius 3 is 2.35 bits per heavy atom. The van der Waals surface area contributed by atoms with Gasteiger partial charge >= 0.3 is 6.61 Å². The molecule has 0 saturated carbocycles. The van der Waals surface area contributed by atoms with Crippen molar-refractivity contribution in [3.8, 4) is 17.2 Å². The normalized spacial score (nSPS) is 17.2. The molecule has 1 aliphatic heterocycles. The third-order valence-electron chi connectivity index (χ3n) is 3.82. The van der Waals surface area contributed by atoms with Crippen molar-refractivity contribution in [2.45, 2.75) is 19.1 Å². The molecule has 1 unspecified atom stereocenters. The third-order valence-corrected chi connectivity index (χ3v) is 3.82. The van der Waals surface area contributed by atoms with Crippen LogP contribution in [0.5, 0.6) is 17.2 Å². The second-order valence-electron chi connectivity index (χ2n) is 5.15. The molecule has 0 spiro atoms. The van der Waals surface area contributed by atoms with Crippen LogP contribution in [0.4, 0.5) is 8.78 Å². The van der Waals surface area contributed by atoms with Crippen LogP contribution in [0, 0.1) is 0 Å². The van der Waals surface area contributed by atoms with Crippen LogP contribution in [0.3, 0.4) is 0 Å². The van der Waals surface area contributed by atoms with E-state index >= 15 is 0 Å². The van der Waals surface area contributed by atoms with E-state index < -0.39 is 6.61 Å². The molecule has 0 bridgehead atoms. The number of carbonyl (C=O) groups is 1. The minimum Gasteiger partial charge on any atom is -0.493 e. The number of methoxy groups -OCH3 is 2. The van der Waals surface area contributed by atoms with Gasteiger partial charge in [-0.15, -0.1) is 0 Å². The molecule has 1 aliphatic rings. The standard InChI is InChI=1S/C15H20F2N2O4/c1-19(10-4-5-18-8-10)14(20)9-6-11(21-2)13(23-15(16)17)12(7-9)22-3/h6-7,10,15,18H,4-5,8H2,1-3H3. The van der Waals surface area contributed by atoms with Gasteiger partial charge in [-0.1, -0.05) is 0 Å². The van der Waals surface area contributed by atoms with E-state index in [1.54, 1.807) is 11.9 Å².